The van der Waals surface area contributed by atoms with E-state index >= 15 is 0 Å². The van der Waals surface area contributed by atoms with Crippen LogP contribution in [0.1, 0.15) is 62.5 Å². The lowest BCUT2D eigenvalue weighted by Gasteiger charge is -2.41. The van der Waals surface area contributed by atoms with Crippen molar-refractivity contribution in [3.8, 4) is 10.4 Å². The quantitative estimate of drug-likeness (QED) is 0.457. The zero-order chi connectivity index (χ0) is 25.4. The normalized spacial score (nSPS) is 18.9. The predicted molar refractivity (Wildman–Crippen MR) is 139 cm³/mol. The summed E-state index contributed by atoms with van der Waals surface area (Å²) < 4.78 is 9.60. The summed E-state index contributed by atoms with van der Waals surface area (Å²) in [4.78, 5) is 38.5. The molecular formula is C27H36N2O5S. The fraction of sp³-hybridized carbons (Fsp3) is 0.519. The van der Waals surface area contributed by atoms with E-state index in [-0.39, 0.29) is 23.5 Å². The molecule has 7 nitrogen and oxygen atoms in total. The van der Waals surface area contributed by atoms with Crippen LogP contribution in [0, 0.1) is 5.92 Å². The van der Waals surface area contributed by atoms with Crippen LogP contribution >= 0.6 is 11.3 Å². The number of anilines is 1. The zero-order valence-corrected chi connectivity index (χ0v) is 21.9. The SMILES string of the molecule is CC(C)(C)OC=O.COC(=O)c1sc(-c2ccccc2)cc1N1C(=O)CNC[C@H]1C1CCCCC1. The Bertz CT molecular complexity index is 993. The van der Waals surface area contributed by atoms with Gasteiger partial charge in [0.2, 0.25) is 5.91 Å². The third kappa shape index (κ3) is 7.15. The average Bonchev–Trinajstić information content (AvgIpc) is 3.29. The summed E-state index contributed by atoms with van der Waals surface area (Å²) in [5.41, 5.74) is 1.43. The van der Waals surface area contributed by atoms with E-state index in [1.165, 1.54) is 37.7 Å². The van der Waals surface area contributed by atoms with Gasteiger partial charge in [-0.1, -0.05) is 49.6 Å². The molecule has 2 heterocycles. The molecule has 1 aromatic heterocycles. The first kappa shape index (κ1) is 26.9. The van der Waals surface area contributed by atoms with E-state index in [2.05, 4.69) is 10.1 Å². The number of thiophene rings is 1. The molecule has 1 saturated heterocycles. The summed E-state index contributed by atoms with van der Waals surface area (Å²) in [5.74, 6) is 0.122. The maximum absolute atomic E-state index is 13.0. The van der Waals surface area contributed by atoms with Crippen molar-refractivity contribution in [2.75, 3.05) is 25.1 Å². The van der Waals surface area contributed by atoms with Gasteiger partial charge in [-0.25, -0.2) is 4.79 Å². The fourth-order valence-electron chi connectivity index (χ4n) is 4.59. The number of nitrogens with one attached hydrogen (secondary N) is 1. The maximum atomic E-state index is 13.0. The highest BCUT2D eigenvalue weighted by Gasteiger charge is 2.38. The topological polar surface area (TPSA) is 84.9 Å². The maximum Gasteiger partial charge on any atom is 0.350 e. The van der Waals surface area contributed by atoms with Crippen molar-refractivity contribution < 1.29 is 23.9 Å². The van der Waals surface area contributed by atoms with Gasteiger partial charge >= 0.3 is 5.97 Å². The van der Waals surface area contributed by atoms with Crippen molar-refractivity contribution in [3.05, 3.63) is 41.3 Å². The smallest absolute Gasteiger partial charge is 0.350 e. The van der Waals surface area contributed by atoms with Gasteiger partial charge in [0.1, 0.15) is 10.5 Å². The van der Waals surface area contributed by atoms with E-state index in [0.29, 0.717) is 29.5 Å². The van der Waals surface area contributed by atoms with Gasteiger partial charge in [0.15, 0.2) is 0 Å². The highest BCUT2D eigenvalue weighted by atomic mass is 32.1. The number of esters is 1. The summed E-state index contributed by atoms with van der Waals surface area (Å²) in [6, 6.07) is 12.1. The summed E-state index contributed by atoms with van der Waals surface area (Å²) in [6.07, 6.45) is 5.98. The lowest BCUT2D eigenvalue weighted by molar-refractivity contribution is -0.138. The van der Waals surface area contributed by atoms with Gasteiger partial charge < -0.3 is 19.7 Å². The van der Waals surface area contributed by atoms with Crippen molar-refractivity contribution in [2.24, 2.45) is 5.92 Å². The Hall–Kier alpha value is -2.71. The van der Waals surface area contributed by atoms with Gasteiger partial charge in [0.05, 0.1) is 25.4 Å². The van der Waals surface area contributed by atoms with Crippen LogP contribution in [0.2, 0.25) is 0 Å². The molecular weight excluding hydrogens is 464 g/mol. The fourth-order valence-corrected chi connectivity index (χ4v) is 5.66. The van der Waals surface area contributed by atoms with Gasteiger partial charge in [-0.15, -0.1) is 11.3 Å². The van der Waals surface area contributed by atoms with Crippen LogP contribution in [0.15, 0.2) is 36.4 Å². The number of carbonyl (C=O) groups excluding carboxylic acids is 3. The van der Waals surface area contributed by atoms with Crippen LogP contribution in [-0.4, -0.2) is 50.2 Å². The molecule has 35 heavy (non-hydrogen) atoms. The van der Waals surface area contributed by atoms with Gasteiger partial charge in [0, 0.05) is 11.4 Å². The van der Waals surface area contributed by atoms with Gasteiger partial charge in [-0.2, -0.15) is 0 Å². The minimum absolute atomic E-state index is 0.0318. The first-order valence-electron chi connectivity index (χ1n) is 12.2. The largest absolute Gasteiger partial charge is 0.465 e. The molecule has 1 aliphatic carbocycles. The minimum Gasteiger partial charge on any atom is -0.465 e. The second-order valence-corrected chi connectivity index (χ2v) is 10.9. The molecule has 2 aromatic rings. The van der Waals surface area contributed by atoms with Gasteiger partial charge in [-0.05, 0) is 51.2 Å². The average molecular weight is 501 g/mol. The van der Waals surface area contributed by atoms with Crippen LogP contribution in [0.4, 0.5) is 5.69 Å². The van der Waals surface area contributed by atoms with E-state index in [4.69, 9.17) is 4.74 Å². The zero-order valence-electron chi connectivity index (χ0n) is 21.0. The number of nitrogens with zero attached hydrogens (tertiary/aromatic N) is 1. The number of amides is 1. The predicted octanol–water partition coefficient (Wildman–Crippen LogP) is 5.04. The van der Waals surface area contributed by atoms with E-state index in [0.717, 1.165) is 29.8 Å². The van der Waals surface area contributed by atoms with E-state index in [1.54, 1.807) is 0 Å². The number of hydrogen-bond acceptors (Lipinski definition) is 7. The first-order chi connectivity index (χ1) is 16.7. The Morgan fingerprint density at radius 2 is 1.83 bits per heavy atom. The third-order valence-electron chi connectivity index (χ3n) is 6.23. The Kier molecular flexibility index (Phi) is 9.46. The van der Waals surface area contributed by atoms with Crippen LogP contribution < -0.4 is 10.2 Å². The molecule has 1 saturated carbocycles. The molecule has 0 spiro atoms. The third-order valence-corrected chi connectivity index (χ3v) is 7.38. The Labute approximate surface area is 211 Å². The molecule has 1 aromatic carbocycles. The summed E-state index contributed by atoms with van der Waals surface area (Å²) in [6.45, 7) is 7.00. The number of benzene rings is 1. The molecule has 1 aliphatic heterocycles. The molecule has 1 N–H and O–H groups in total. The molecule has 8 heteroatoms. The lowest BCUT2D eigenvalue weighted by atomic mass is 9.82. The highest BCUT2D eigenvalue weighted by Crippen LogP contribution is 2.40. The number of carbonyl (C=O) groups is 3. The van der Waals surface area contributed by atoms with E-state index in [9.17, 15) is 14.4 Å². The van der Waals surface area contributed by atoms with Gasteiger partial charge in [-0.3, -0.25) is 9.59 Å². The number of methoxy groups -OCH3 is 1. The molecule has 2 fully saturated rings. The standard InChI is InChI=1S/C22H26N2O3S.C5H10O2/c1-27-22(26)21-17(12-19(28-21)16-10-6-3-7-11-16)24-18(13-23-14-20(24)25)15-8-4-2-5-9-15;1-5(2,3)7-4-6/h3,6-7,10-12,15,18,23H,2,4-5,8-9,13-14H2,1H3;4H,1-3H3/t18-;/m0./s1. The lowest BCUT2D eigenvalue weighted by Crippen LogP contribution is -2.58. The Morgan fingerprint density at radius 1 is 1.14 bits per heavy atom. The Balaban J connectivity index is 0.000000429. The number of ether oxygens (including phenoxy) is 2. The molecule has 0 unspecified atom stereocenters. The molecule has 4 rings (SSSR count). The van der Waals surface area contributed by atoms with Crippen LogP contribution in [0.25, 0.3) is 10.4 Å². The van der Waals surface area contributed by atoms with E-state index in [1.807, 2.05) is 62.1 Å². The molecule has 0 bridgehead atoms. The van der Waals surface area contributed by atoms with Crippen LogP contribution in [-0.2, 0) is 19.1 Å². The Morgan fingerprint density at radius 3 is 2.40 bits per heavy atom. The highest BCUT2D eigenvalue weighted by molar-refractivity contribution is 7.18. The van der Waals surface area contributed by atoms with Crippen molar-refractivity contribution in [1.29, 1.82) is 0 Å². The molecule has 2 aliphatic rings. The second-order valence-electron chi connectivity index (χ2n) is 9.87. The molecule has 1 atom stereocenters. The first-order valence-corrected chi connectivity index (χ1v) is 13.0. The van der Waals surface area contributed by atoms with Crippen molar-refractivity contribution in [1.82, 2.24) is 5.32 Å². The van der Waals surface area contributed by atoms with Crippen molar-refractivity contribution in [3.63, 3.8) is 0 Å². The number of rotatable bonds is 5. The van der Waals surface area contributed by atoms with E-state index < -0.39 is 0 Å². The summed E-state index contributed by atoms with van der Waals surface area (Å²) in [5, 5.41) is 3.28. The van der Waals surface area contributed by atoms with Crippen molar-refractivity contribution >= 4 is 35.4 Å². The minimum atomic E-state index is -0.379. The number of hydrogen-bond donors (Lipinski definition) is 1. The molecule has 1 amide bonds. The molecule has 0 radical (unpaired) electrons. The van der Waals surface area contributed by atoms with Crippen LogP contribution in [0.3, 0.4) is 0 Å². The van der Waals surface area contributed by atoms with Crippen LogP contribution in [0.5, 0.6) is 0 Å². The summed E-state index contributed by atoms with van der Waals surface area (Å²) in [7, 11) is 1.40. The second kappa shape index (κ2) is 12.3. The van der Waals surface area contributed by atoms with Gasteiger partial charge in [0.25, 0.3) is 6.47 Å². The summed E-state index contributed by atoms with van der Waals surface area (Å²) >= 11 is 1.40. The van der Waals surface area contributed by atoms with Crippen molar-refractivity contribution in [2.45, 2.75) is 64.5 Å². The molecule has 190 valence electrons. The monoisotopic (exact) mass is 500 g/mol. The number of piperazine rings is 1.